The van der Waals surface area contributed by atoms with Gasteiger partial charge in [0.25, 0.3) is 5.56 Å². The topological polar surface area (TPSA) is 69.2 Å². The third-order valence-electron chi connectivity index (χ3n) is 2.73. The van der Waals surface area contributed by atoms with E-state index in [0.717, 1.165) is 18.7 Å². The van der Waals surface area contributed by atoms with Crippen LogP contribution in [0.15, 0.2) is 10.9 Å². The lowest BCUT2D eigenvalue weighted by Gasteiger charge is -2.26. The Hall–Kier alpha value is -1.36. The van der Waals surface area contributed by atoms with Gasteiger partial charge in [0.1, 0.15) is 11.6 Å². The van der Waals surface area contributed by atoms with Crippen molar-refractivity contribution in [2.24, 2.45) is 0 Å². The number of rotatable bonds is 4. The number of likely N-dealkylation sites (N-methyl/N-ethyl adjacent to an activating group) is 1. The van der Waals surface area contributed by atoms with E-state index in [9.17, 15) is 9.90 Å². The van der Waals surface area contributed by atoms with E-state index in [1.165, 1.54) is 6.07 Å². The lowest BCUT2D eigenvalue weighted by Crippen LogP contribution is -2.37. The molecule has 1 aliphatic rings. The Kier molecular flexibility index (Phi) is 2.95. The van der Waals surface area contributed by atoms with Gasteiger partial charge in [-0.15, -0.1) is 0 Å². The molecule has 5 nitrogen and oxygen atoms in total. The maximum absolute atomic E-state index is 11.5. The van der Waals surface area contributed by atoms with Crippen LogP contribution in [0.4, 0.5) is 5.82 Å². The molecule has 94 valence electrons. The van der Waals surface area contributed by atoms with Crippen LogP contribution in [0.25, 0.3) is 0 Å². The van der Waals surface area contributed by atoms with Crippen molar-refractivity contribution >= 4 is 5.82 Å². The summed E-state index contributed by atoms with van der Waals surface area (Å²) in [5, 5.41) is 9.75. The van der Waals surface area contributed by atoms with Crippen molar-refractivity contribution in [3.8, 4) is 0 Å². The van der Waals surface area contributed by atoms with Gasteiger partial charge in [-0.3, -0.25) is 4.79 Å². The fourth-order valence-corrected chi connectivity index (χ4v) is 1.87. The Morgan fingerprint density at radius 2 is 2.24 bits per heavy atom. The number of H-pyrrole nitrogens is 1. The highest BCUT2D eigenvalue weighted by Crippen LogP contribution is 2.37. The van der Waals surface area contributed by atoms with E-state index in [1.54, 1.807) is 18.7 Å². The molecule has 0 aliphatic heterocycles. The van der Waals surface area contributed by atoms with Crippen LogP contribution in [0, 0.1) is 0 Å². The number of hydrogen-bond donors (Lipinski definition) is 2. The second-order valence-electron chi connectivity index (χ2n) is 5.43. The monoisotopic (exact) mass is 237 g/mol. The summed E-state index contributed by atoms with van der Waals surface area (Å²) >= 11 is 0. The summed E-state index contributed by atoms with van der Waals surface area (Å²) in [6.07, 6.45) is 2.20. The summed E-state index contributed by atoms with van der Waals surface area (Å²) in [6.45, 7) is 3.91. The van der Waals surface area contributed by atoms with E-state index < -0.39 is 5.60 Å². The van der Waals surface area contributed by atoms with E-state index in [4.69, 9.17) is 0 Å². The van der Waals surface area contributed by atoms with Crippen molar-refractivity contribution in [3.05, 3.63) is 22.2 Å². The highest BCUT2D eigenvalue weighted by Gasteiger charge is 2.27. The number of aromatic nitrogens is 2. The normalized spacial score (nSPS) is 16.0. The first kappa shape index (κ1) is 12.1. The van der Waals surface area contributed by atoms with Gasteiger partial charge in [-0.25, -0.2) is 4.98 Å². The molecule has 5 heteroatoms. The lowest BCUT2D eigenvalue weighted by molar-refractivity contribution is 0.0884. The molecule has 2 rings (SSSR count). The van der Waals surface area contributed by atoms with Crippen molar-refractivity contribution in [1.29, 1.82) is 0 Å². The van der Waals surface area contributed by atoms with Gasteiger partial charge in [0.2, 0.25) is 0 Å². The van der Waals surface area contributed by atoms with Crippen molar-refractivity contribution < 1.29 is 5.11 Å². The van der Waals surface area contributed by atoms with Gasteiger partial charge >= 0.3 is 0 Å². The van der Waals surface area contributed by atoms with Crippen LogP contribution in [0.2, 0.25) is 0 Å². The van der Waals surface area contributed by atoms with E-state index in [-0.39, 0.29) is 5.56 Å². The predicted molar refractivity (Wildman–Crippen MR) is 66.4 cm³/mol. The Morgan fingerprint density at radius 3 is 2.76 bits per heavy atom. The Morgan fingerprint density at radius 1 is 1.59 bits per heavy atom. The first-order valence-electron chi connectivity index (χ1n) is 5.90. The van der Waals surface area contributed by atoms with Crippen LogP contribution in [-0.2, 0) is 0 Å². The third-order valence-corrected chi connectivity index (χ3v) is 2.73. The van der Waals surface area contributed by atoms with Gasteiger partial charge in [0.15, 0.2) is 0 Å². The quantitative estimate of drug-likeness (QED) is 0.814. The van der Waals surface area contributed by atoms with Gasteiger partial charge in [0, 0.05) is 25.6 Å². The summed E-state index contributed by atoms with van der Waals surface area (Å²) in [5.41, 5.74) is -0.932. The average Bonchev–Trinajstić information content (AvgIpc) is 2.96. The molecule has 1 aromatic rings. The minimum absolute atomic E-state index is 0.125. The zero-order valence-electron chi connectivity index (χ0n) is 10.5. The van der Waals surface area contributed by atoms with Gasteiger partial charge in [-0.1, -0.05) is 0 Å². The Bertz CT molecular complexity index is 458. The summed E-state index contributed by atoms with van der Waals surface area (Å²) in [6, 6.07) is 1.47. The molecule has 0 unspecified atom stereocenters. The first-order valence-corrected chi connectivity index (χ1v) is 5.90. The fourth-order valence-electron chi connectivity index (χ4n) is 1.87. The van der Waals surface area contributed by atoms with Crippen molar-refractivity contribution in [3.63, 3.8) is 0 Å². The molecule has 0 radical (unpaired) electrons. The molecule has 0 spiro atoms. The molecule has 1 aromatic heterocycles. The molecule has 0 bridgehead atoms. The minimum Gasteiger partial charge on any atom is -0.389 e. The van der Waals surface area contributed by atoms with Crippen molar-refractivity contribution in [2.75, 3.05) is 18.5 Å². The van der Waals surface area contributed by atoms with Crippen LogP contribution >= 0.6 is 0 Å². The van der Waals surface area contributed by atoms with Gasteiger partial charge < -0.3 is 15.0 Å². The minimum atomic E-state index is -0.807. The van der Waals surface area contributed by atoms with Crippen LogP contribution in [0.3, 0.4) is 0 Å². The van der Waals surface area contributed by atoms with E-state index >= 15 is 0 Å². The van der Waals surface area contributed by atoms with Crippen LogP contribution in [0.1, 0.15) is 38.4 Å². The van der Waals surface area contributed by atoms with Crippen LogP contribution < -0.4 is 10.5 Å². The molecule has 1 heterocycles. The van der Waals surface area contributed by atoms with E-state index in [0.29, 0.717) is 18.3 Å². The molecular weight excluding hydrogens is 218 g/mol. The Labute approximate surface area is 100 Å². The number of anilines is 1. The average molecular weight is 237 g/mol. The van der Waals surface area contributed by atoms with Crippen molar-refractivity contribution in [2.45, 2.75) is 38.2 Å². The second-order valence-corrected chi connectivity index (χ2v) is 5.43. The van der Waals surface area contributed by atoms with Gasteiger partial charge in [-0.05, 0) is 26.7 Å². The zero-order chi connectivity index (χ0) is 12.6. The molecule has 2 N–H and O–H groups in total. The molecule has 0 amide bonds. The summed E-state index contributed by atoms with van der Waals surface area (Å²) < 4.78 is 0. The molecule has 17 heavy (non-hydrogen) atoms. The summed E-state index contributed by atoms with van der Waals surface area (Å²) in [4.78, 5) is 20.5. The van der Waals surface area contributed by atoms with E-state index in [1.807, 2.05) is 7.05 Å². The number of aliphatic hydroxyl groups is 1. The molecular formula is C12H19N3O2. The smallest absolute Gasteiger partial charge is 0.252 e. The molecule has 0 atom stereocenters. The zero-order valence-corrected chi connectivity index (χ0v) is 10.5. The summed E-state index contributed by atoms with van der Waals surface area (Å²) in [5.74, 6) is 1.81. The van der Waals surface area contributed by atoms with Gasteiger partial charge in [-0.2, -0.15) is 0 Å². The van der Waals surface area contributed by atoms with Crippen molar-refractivity contribution in [1.82, 2.24) is 9.97 Å². The lowest BCUT2D eigenvalue weighted by atomic mass is 10.1. The Balaban J connectivity index is 2.22. The number of aromatic amines is 1. The predicted octanol–water partition coefficient (Wildman–Crippen LogP) is 0.854. The maximum atomic E-state index is 11.5. The number of hydrogen-bond acceptors (Lipinski definition) is 4. The molecule has 0 saturated heterocycles. The maximum Gasteiger partial charge on any atom is 0.252 e. The van der Waals surface area contributed by atoms with E-state index in [2.05, 4.69) is 9.97 Å². The number of nitrogens with zero attached hydrogens (tertiary/aromatic N) is 2. The summed E-state index contributed by atoms with van der Waals surface area (Å²) in [7, 11) is 1.83. The van der Waals surface area contributed by atoms with Crippen LogP contribution in [0.5, 0.6) is 0 Å². The SMILES string of the molecule is CN(CC(C)(C)O)c1cc(=O)[nH]c(C2CC2)n1. The fraction of sp³-hybridized carbons (Fsp3) is 0.667. The first-order chi connectivity index (χ1) is 7.85. The number of nitrogens with one attached hydrogen (secondary N) is 1. The third kappa shape index (κ3) is 3.30. The molecule has 1 aliphatic carbocycles. The van der Waals surface area contributed by atoms with Gasteiger partial charge in [0.05, 0.1) is 5.60 Å². The highest BCUT2D eigenvalue weighted by molar-refractivity contribution is 5.37. The molecule has 0 aromatic carbocycles. The standard InChI is InChI=1S/C12H19N3O2/c1-12(2,17)7-15(3)9-6-10(16)14-11(13-9)8-4-5-8/h6,8,17H,4-5,7H2,1-3H3,(H,13,14,16). The largest absolute Gasteiger partial charge is 0.389 e. The van der Waals surface area contributed by atoms with Crippen LogP contribution in [-0.4, -0.2) is 34.3 Å². The molecule has 1 fully saturated rings. The highest BCUT2D eigenvalue weighted by atomic mass is 16.3. The second kappa shape index (κ2) is 4.14. The molecule has 1 saturated carbocycles.